The molecular weight excluding hydrogens is 246 g/mol. The summed E-state index contributed by atoms with van der Waals surface area (Å²) in [6.07, 6.45) is 3.64. The van der Waals surface area contributed by atoms with Crippen LogP contribution in [0.4, 0.5) is 0 Å². The van der Waals surface area contributed by atoms with Crippen molar-refractivity contribution >= 4 is 26.8 Å². The highest BCUT2D eigenvalue weighted by Gasteiger charge is 2.02. The average molecular weight is 256 g/mol. The standard InChI is InChI=1S/C9H10BrN3O/c1-14-3-2-13-8-6-11-9(10)4-7(8)5-12-13/h4-6H,2-3H2,1H3. The molecule has 5 heteroatoms. The topological polar surface area (TPSA) is 39.9 Å². The number of methoxy groups -OCH3 is 1. The number of hydrogen-bond donors (Lipinski definition) is 0. The second-order valence-corrected chi connectivity index (χ2v) is 3.74. The third kappa shape index (κ3) is 1.78. The molecule has 0 amide bonds. The molecule has 0 saturated heterocycles. The fraction of sp³-hybridized carbons (Fsp3) is 0.333. The summed E-state index contributed by atoms with van der Waals surface area (Å²) in [5.41, 5.74) is 1.03. The van der Waals surface area contributed by atoms with Crippen molar-refractivity contribution in [1.82, 2.24) is 14.8 Å². The Hall–Kier alpha value is -0.940. The summed E-state index contributed by atoms with van der Waals surface area (Å²) >= 11 is 3.32. The van der Waals surface area contributed by atoms with Gasteiger partial charge in [0.1, 0.15) is 4.60 Å². The minimum absolute atomic E-state index is 0.660. The van der Waals surface area contributed by atoms with Gasteiger partial charge in [0.25, 0.3) is 0 Å². The SMILES string of the molecule is COCCn1ncc2cc(Br)ncc21. The van der Waals surface area contributed by atoms with Gasteiger partial charge in [-0.15, -0.1) is 0 Å². The molecule has 2 aromatic heterocycles. The van der Waals surface area contributed by atoms with Crippen LogP contribution in [-0.2, 0) is 11.3 Å². The molecule has 0 aliphatic rings. The van der Waals surface area contributed by atoms with E-state index in [9.17, 15) is 0 Å². The fourth-order valence-corrected chi connectivity index (χ4v) is 1.65. The lowest BCUT2D eigenvalue weighted by atomic mass is 10.3. The Morgan fingerprint density at radius 3 is 3.14 bits per heavy atom. The summed E-state index contributed by atoms with van der Waals surface area (Å²) in [5, 5.41) is 5.34. The molecule has 0 saturated carbocycles. The van der Waals surface area contributed by atoms with Gasteiger partial charge in [-0.3, -0.25) is 4.68 Å². The predicted octanol–water partition coefficient (Wildman–Crippen LogP) is 1.84. The first-order valence-corrected chi connectivity index (χ1v) is 5.06. The number of pyridine rings is 1. The second-order valence-electron chi connectivity index (χ2n) is 2.93. The van der Waals surface area contributed by atoms with Crippen molar-refractivity contribution in [3.8, 4) is 0 Å². The van der Waals surface area contributed by atoms with Crippen LogP contribution in [0.5, 0.6) is 0 Å². The predicted molar refractivity (Wildman–Crippen MR) is 57.1 cm³/mol. The van der Waals surface area contributed by atoms with Crippen LogP contribution in [0, 0.1) is 0 Å². The maximum Gasteiger partial charge on any atom is 0.106 e. The first-order valence-electron chi connectivity index (χ1n) is 4.27. The summed E-state index contributed by atoms with van der Waals surface area (Å²) in [5.74, 6) is 0. The summed E-state index contributed by atoms with van der Waals surface area (Å²) in [4.78, 5) is 4.16. The zero-order valence-electron chi connectivity index (χ0n) is 7.77. The van der Waals surface area contributed by atoms with Crippen LogP contribution in [0.1, 0.15) is 0 Å². The van der Waals surface area contributed by atoms with Crippen molar-refractivity contribution in [2.24, 2.45) is 0 Å². The van der Waals surface area contributed by atoms with E-state index in [-0.39, 0.29) is 0 Å². The number of aromatic nitrogens is 3. The number of hydrogen-bond acceptors (Lipinski definition) is 3. The number of rotatable bonds is 3. The van der Waals surface area contributed by atoms with Crippen LogP contribution in [0.25, 0.3) is 10.9 Å². The van der Waals surface area contributed by atoms with Gasteiger partial charge in [0.2, 0.25) is 0 Å². The highest BCUT2D eigenvalue weighted by molar-refractivity contribution is 9.10. The van der Waals surface area contributed by atoms with Crippen LogP contribution in [0.15, 0.2) is 23.1 Å². The number of fused-ring (bicyclic) bond motifs is 1. The molecular formula is C9H10BrN3O. The third-order valence-corrected chi connectivity index (χ3v) is 2.44. The van der Waals surface area contributed by atoms with E-state index in [4.69, 9.17) is 4.74 Å². The van der Waals surface area contributed by atoms with Gasteiger partial charge in [0.15, 0.2) is 0 Å². The molecule has 0 unspecified atom stereocenters. The lowest BCUT2D eigenvalue weighted by molar-refractivity contribution is 0.185. The molecule has 0 spiro atoms. The molecule has 4 nitrogen and oxygen atoms in total. The Morgan fingerprint density at radius 2 is 2.36 bits per heavy atom. The van der Waals surface area contributed by atoms with E-state index in [0.29, 0.717) is 6.61 Å². The van der Waals surface area contributed by atoms with Gasteiger partial charge < -0.3 is 4.74 Å². The summed E-state index contributed by atoms with van der Waals surface area (Å²) < 4.78 is 7.71. The van der Waals surface area contributed by atoms with Crippen molar-refractivity contribution < 1.29 is 4.74 Å². The molecule has 2 aromatic rings. The second kappa shape index (κ2) is 4.06. The van der Waals surface area contributed by atoms with Gasteiger partial charge in [-0.25, -0.2) is 4.98 Å². The summed E-state index contributed by atoms with van der Waals surface area (Å²) in [7, 11) is 1.68. The Labute approximate surface area is 90.0 Å². The Morgan fingerprint density at radius 1 is 1.50 bits per heavy atom. The minimum Gasteiger partial charge on any atom is -0.383 e. The molecule has 2 rings (SSSR count). The van der Waals surface area contributed by atoms with Crippen molar-refractivity contribution in [3.63, 3.8) is 0 Å². The molecule has 0 atom stereocenters. The molecule has 2 heterocycles. The Kier molecular flexibility index (Phi) is 2.79. The number of ether oxygens (including phenoxy) is 1. The largest absolute Gasteiger partial charge is 0.383 e. The van der Waals surface area contributed by atoms with Crippen LogP contribution in [0.2, 0.25) is 0 Å². The molecule has 0 bridgehead atoms. The summed E-state index contributed by atoms with van der Waals surface area (Å²) in [6.45, 7) is 1.41. The van der Waals surface area contributed by atoms with Crippen LogP contribution in [-0.4, -0.2) is 28.5 Å². The van der Waals surface area contributed by atoms with E-state index in [0.717, 1.165) is 22.1 Å². The van der Waals surface area contributed by atoms with Gasteiger partial charge in [-0.2, -0.15) is 5.10 Å². The smallest absolute Gasteiger partial charge is 0.106 e. The fourth-order valence-electron chi connectivity index (χ4n) is 1.31. The van der Waals surface area contributed by atoms with Crippen molar-refractivity contribution in [2.45, 2.75) is 6.54 Å². The molecule has 0 aliphatic heterocycles. The van der Waals surface area contributed by atoms with Crippen molar-refractivity contribution in [3.05, 3.63) is 23.1 Å². The quantitative estimate of drug-likeness (QED) is 0.786. The maximum atomic E-state index is 5.00. The first kappa shape index (κ1) is 9.61. The maximum absolute atomic E-state index is 5.00. The third-order valence-electron chi connectivity index (χ3n) is 2.00. The molecule has 0 aromatic carbocycles. The average Bonchev–Trinajstić information content (AvgIpc) is 2.57. The van der Waals surface area contributed by atoms with Crippen LogP contribution >= 0.6 is 15.9 Å². The van der Waals surface area contributed by atoms with Crippen LogP contribution < -0.4 is 0 Å². The van der Waals surface area contributed by atoms with E-state index in [1.165, 1.54) is 0 Å². The van der Waals surface area contributed by atoms with E-state index < -0.39 is 0 Å². The van der Waals surface area contributed by atoms with Crippen LogP contribution in [0.3, 0.4) is 0 Å². The zero-order chi connectivity index (χ0) is 9.97. The lowest BCUT2D eigenvalue weighted by Gasteiger charge is -2.01. The minimum atomic E-state index is 0.660. The van der Waals surface area contributed by atoms with Gasteiger partial charge in [-0.1, -0.05) is 0 Å². The molecule has 14 heavy (non-hydrogen) atoms. The number of nitrogens with zero attached hydrogens (tertiary/aromatic N) is 3. The van der Waals surface area contributed by atoms with Gasteiger partial charge in [0, 0.05) is 12.5 Å². The van der Waals surface area contributed by atoms with Gasteiger partial charge >= 0.3 is 0 Å². The number of halogens is 1. The zero-order valence-corrected chi connectivity index (χ0v) is 9.36. The molecule has 0 N–H and O–H groups in total. The van der Waals surface area contributed by atoms with Gasteiger partial charge in [0.05, 0.1) is 31.1 Å². The molecule has 0 fully saturated rings. The lowest BCUT2D eigenvalue weighted by Crippen LogP contribution is -2.05. The normalized spacial score (nSPS) is 11.0. The van der Waals surface area contributed by atoms with Crippen molar-refractivity contribution in [1.29, 1.82) is 0 Å². The molecule has 74 valence electrons. The summed E-state index contributed by atoms with van der Waals surface area (Å²) in [6, 6.07) is 1.95. The van der Waals surface area contributed by atoms with E-state index in [1.807, 2.05) is 23.1 Å². The van der Waals surface area contributed by atoms with E-state index >= 15 is 0 Å². The highest BCUT2D eigenvalue weighted by atomic mass is 79.9. The molecule has 0 radical (unpaired) electrons. The van der Waals surface area contributed by atoms with E-state index in [2.05, 4.69) is 26.0 Å². The monoisotopic (exact) mass is 255 g/mol. The van der Waals surface area contributed by atoms with Gasteiger partial charge in [-0.05, 0) is 22.0 Å². The Balaban J connectivity index is 2.37. The highest BCUT2D eigenvalue weighted by Crippen LogP contribution is 2.16. The van der Waals surface area contributed by atoms with Crippen molar-refractivity contribution in [2.75, 3.05) is 13.7 Å². The molecule has 0 aliphatic carbocycles. The Bertz CT molecular complexity index is 441. The van der Waals surface area contributed by atoms with E-state index in [1.54, 1.807) is 7.11 Å². The first-order chi connectivity index (χ1) is 6.81.